The van der Waals surface area contributed by atoms with Gasteiger partial charge < -0.3 is 5.32 Å². The number of anilines is 1. The van der Waals surface area contributed by atoms with Gasteiger partial charge in [0.2, 0.25) is 0 Å². The maximum Gasteiger partial charge on any atom is 0.184 e. The van der Waals surface area contributed by atoms with E-state index in [1.165, 1.54) is 19.3 Å². The van der Waals surface area contributed by atoms with E-state index in [4.69, 9.17) is 16.6 Å². The Morgan fingerprint density at radius 2 is 2.14 bits per heavy atom. The molecule has 2 aromatic rings. The third-order valence-corrected chi connectivity index (χ3v) is 7.07. The van der Waals surface area contributed by atoms with Gasteiger partial charge in [0, 0.05) is 11.1 Å². The Morgan fingerprint density at radius 3 is 2.86 bits per heavy atom. The van der Waals surface area contributed by atoms with Crippen molar-refractivity contribution in [3.05, 3.63) is 23.2 Å². The highest BCUT2D eigenvalue weighted by molar-refractivity contribution is 7.22. The Bertz CT molecular complexity index is 703. The second kappa shape index (κ2) is 4.36. The summed E-state index contributed by atoms with van der Waals surface area (Å²) in [5, 5.41) is 5.60. The first kappa shape index (κ1) is 13.8. The number of benzene rings is 1. The van der Waals surface area contributed by atoms with Crippen molar-refractivity contribution >= 4 is 38.3 Å². The highest BCUT2D eigenvalue weighted by Crippen LogP contribution is 2.63. The van der Waals surface area contributed by atoms with Crippen LogP contribution in [0.5, 0.6) is 0 Å². The first-order valence-corrected chi connectivity index (χ1v) is 8.91. The van der Waals surface area contributed by atoms with E-state index in [0.29, 0.717) is 16.9 Å². The number of nitrogens with one attached hydrogen (secondary N) is 1. The van der Waals surface area contributed by atoms with Gasteiger partial charge in [0.1, 0.15) is 0 Å². The Morgan fingerprint density at radius 1 is 1.33 bits per heavy atom. The number of thiazole rings is 1. The molecule has 2 aliphatic rings. The van der Waals surface area contributed by atoms with Crippen LogP contribution in [-0.4, -0.2) is 11.0 Å². The van der Waals surface area contributed by atoms with Gasteiger partial charge in [-0.3, -0.25) is 0 Å². The molecule has 1 aromatic carbocycles. The smallest absolute Gasteiger partial charge is 0.184 e. The lowest BCUT2D eigenvalue weighted by atomic mass is 9.68. The second-order valence-electron chi connectivity index (χ2n) is 7.62. The minimum absolute atomic E-state index is 0.350. The number of nitrogens with zero attached hydrogens (tertiary/aromatic N) is 1. The van der Waals surface area contributed by atoms with Crippen LogP contribution < -0.4 is 5.32 Å². The zero-order valence-electron chi connectivity index (χ0n) is 12.7. The quantitative estimate of drug-likeness (QED) is 0.781. The van der Waals surface area contributed by atoms with Crippen LogP contribution in [-0.2, 0) is 0 Å². The number of rotatable bonds is 2. The second-order valence-corrected chi connectivity index (χ2v) is 9.09. The molecular weight excluding hydrogens is 300 g/mol. The van der Waals surface area contributed by atoms with Crippen molar-refractivity contribution in [3.63, 3.8) is 0 Å². The van der Waals surface area contributed by atoms with Crippen LogP contribution in [0.4, 0.5) is 5.13 Å². The number of aromatic nitrogens is 1. The first-order valence-electron chi connectivity index (χ1n) is 7.71. The van der Waals surface area contributed by atoms with Gasteiger partial charge in [-0.25, -0.2) is 4.98 Å². The van der Waals surface area contributed by atoms with Gasteiger partial charge in [-0.15, -0.1) is 0 Å². The van der Waals surface area contributed by atoms with Gasteiger partial charge in [0.05, 0.1) is 10.2 Å². The van der Waals surface area contributed by atoms with Crippen molar-refractivity contribution in [2.24, 2.45) is 16.7 Å². The zero-order valence-corrected chi connectivity index (χ0v) is 14.3. The number of fused-ring (bicyclic) bond motifs is 3. The molecule has 2 aliphatic carbocycles. The maximum absolute atomic E-state index is 6.08. The topological polar surface area (TPSA) is 24.9 Å². The van der Waals surface area contributed by atoms with E-state index < -0.39 is 0 Å². The van der Waals surface area contributed by atoms with Crippen LogP contribution in [0, 0.1) is 16.7 Å². The third-order valence-electron chi connectivity index (χ3n) is 5.89. The lowest BCUT2D eigenvalue weighted by Gasteiger charge is -2.43. The number of halogens is 1. The molecule has 0 amide bonds. The number of hydrogen-bond donors (Lipinski definition) is 1. The van der Waals surface area contributed by atoms with E-state index in [9.17, 15) is 0 Å². The Balaban J connectivity index is 1.68. The van der Waals surface area contributed by atoms with Gasteiger partial charge in [-0.2, -0.15) is 0 Å². The van der Waals surface area contributed by atoms with Crippen LogP contribution in [0.3, 0.4) is 0 Å². The molecule has 21 heavy (non-hydrogen) atoms. The fourth-order valence-electron chi connectivity index (χ4n) is 4.75. The molecule has 0 aliphatic heterocycles. The summed E-state index contributed by atoms with van der Waals surface area (Å²) in [6.07, 6.45) is 4.08. The molecule has 1 aromatic heterocycles. The Labute approximate surface area is 134 Å². The molecule has 3 unspecified atom stereocenters. The molecular formula is C17H21ClN2S. The van der Waals surface area contributed by atoms with Crippen molar-refractivity contribution in [2.75, 3.05) is 5.32 Å². The molecule has 0 saturated heterocycles. The van der Waals surface area contributed by atoms with E-state index in [0.717, 1.165) is 26.3 Å². The van der Waals surface area contributed by atoms with Gasteiger partial charge in [-0.1, -0.05) is 43.7 Å². The van der Waals surface area contributed by atoms with Crippen molar-refractivity contribution in [1.29, 1.82) is 0 Å². The van der Waals surface area contributed by atoms with E-state index in [-0.39, 0.29) is 0 Å². The minimum atomic E-state index is 0.350. The fourth-order valence-corrected chi connectivity index (χ4v) is 5.92. The molecule has 1 heterocycles. The summed E-state index contributed by atoms with van der Waals surface area (Å²) in [5.74, 6) is 0.851. The molecule has 2 fully saturated rings. The van der Waals surface area contributed by atoms with Gasteiger partial charge in [0.25, 0.3) is 0 Å². The normalized spacial score (nSPS) is 33.7. The molecule has 1 N–H and O–H groups in total. The highest BCUT2D eigenvalue weighted by Gasteiger charge is 2.59. The first-order chi connectivity index (χ1) is 9.88. The van der Waals surface area contributed by atoms with Crippen molar-refractivity contribution < 1.29 is 0 Å². The summed E-state index contributed by atoms with van der Waals surface area (Å²) in [5.41, 5.74) is 1.81. The largest absolute Gasteiger partial charge is 0.358 e. The van der Waals surface area contributed by atoms with Gasteiger partial charge >= 0.3 is 0 Å². The van der Waals surface area contributed by atoms with E-state index in [1.54, 1.807) is 11.3 Å². The molecule has 3 atom stereocenters. The Hall–Kier alpha value is -0.800. The standard InChI is InChI=1S/C17H21ClN2S/c1-16(2)10-6-7-17(3,9-10)14(16)20-15-19-12-5-4-11(18)8-13(12)21-15/h4-5,8,10,14H,6-7,9H2,1-3H3,(H,19,20). The molecule has 0 radical (unpaired) electrons. The molecule has 2 nitrogen and oxygen atoms in total. The summed E-state index contributed by atoms with van der Waals surface area (Å²) in [7, 11) is 0. The van der Waals surface area contributed by atoms with Gasteiger partial charge in [-0.05, 0) is 54.2 Å². The van der Waals surface area contributed by atoms with Crippen LogP contribution in [0.1, 0.15) is 40.0 Å². The van der Waals surface area contributed by atoms with Crippen molar-refractivity contribution in [2.45, 2.75) is 46.1 Å². The molecule has 2 saturated carbocycles. The molecule has 2 bridgehead atoms. The maximum atomic E-state index is 6.08. The lowest BCUT2D eigenvalue weighted by Crippen LogP contribution is -2.45. The van der Waals surface area contributed by atoms with Crippen LogP contribution >= 0.6 is 22.9 Å². The van der Waals surface area contributed by atoms with Crippen LogP contribution in [0.2, 0.25) is 5.02 Å². The number of hydrogen-bond acceptors (Lipinski definition) is 3. The van der Waals surface area contributed by atoms with Crippen molar-refractivity contribution in [1.82, 2.24) is 4.98 Å². The minimum Gasteiger partial charge on any atom is -0.358 e. The van der Waals surface area contributed by atoms with Crippen LogP contribution in [0.25, 0.3) is 10.2 Å². The molecule has 4 rings (SSSR count). The SMILES string of the molecule is CC12CCC(C1)C(C)(C)C2Nc1nc2ccc(Cl)cc2s1. The highest BCUT2D eigenvalue weighted by atomic mass is 35.5. The fraction of sp³-hybridized carbons (Fsp3) is 0.588. The average Bonchev–Trinajstić information content (AvgIpc) is 3.03. The van der Waals surface area contributed by atoms with Gasteiger partial charge in [0.15, 0.2) is 5.13 Å². The summed E-state index contributed by atoms with van der Waals surface area (Å²) in [4.78, 5) is 4.75. The molecule has 4 heteroatoms. The third kappa shape index (κ3) is 2.01. The van der Waals surface area contributed by atoms with Crippen LogP contribution in [0.15, 0.2) is 18.2 Å². The average molecular weight is 321 g/mol. The van der Waals surface area contributed by atoms with Crippen molar-refractivity contribution in [3.8, 4) is 0 Å². The predicted octanol–water partition coefficient (Wildman–Crippen LogP) is 5.58. The summed E-state index contributed by atoms with van der Waals surface area (Å²) >= 11 is 7.79. The molecule has 112 valence electrons. The van der Waals surface area contributed by atoms with E-state index >= 15 is 0 Å². The Kier molecular flexibility index (Phi) is 2.87. The predicted molar refractivity (Wildman–Crippen MR) is 91.3 cm³/mol. The molecule has 0 spiro atoms. The van der Waals surface area contributed by atoms with E-state index in [2.05, 4.69) is 26.1 Å². The summed E-state index contributed by atoms with van der Waals surface area (Å²) in [6, 6.07) is 6.44. The summed E-state index contributed by atoms with van der Waals surface area (Å²) in [6.45, 7) is 7.29. The summed E-state index contributed by atoms with van der Waals surface area (Å²) < 4.78 is 1.16. The zero-order chi connectivity index (χ0) is 14.8. The van der Waals surface area contributed by atoms with E-state index in [1.807, 2.05) is 18.2 Å². The monoisotopic (exact) mass is 320 g/mol. The lowest BCUT2D eigenvalue weighted by molar-refractivity contribution is 0.155.